The van der Waals surface area contributed by atoms with Crippen LogP contribution < -0.4 is 10.6 Å². The highest BCUT2D eigenvalue weighted by molar-refractivity contribution is 7.78. The zero-order chi connectivity index (χ0) is 13.3. The van der Waals surface area contributed by atoms with Gasteiger partial charge in [-0.05, 0) is 30.4 Å². The van der Waals surface area contributed by atoms with E-state index in [0.29, 0.717) is 0 Å². The normalized spacial score (nSPS) is 12.0. The van der Waals surface area contributed by atoms with Crippen molar-refractivity contribution in [2.24, 2.45) is 4.99 Å². The summed E-state index contributed by atoms with van der Waals surface area (Å²) < 4.78 is 22.0. The van der Waals surface area contributed by atoms with Crippen molar-refractivity contribution >= 4 is 48.9 Å². The van der Waals surface area contributed by atoms with Crippen LogP contribution in [-0.2, 0) is 9.13 Å². The summed E-state index contributed by atoms with van der Waals surface area (Å²) in [6, 6.07) is 2.71. The molecule has 0 bridgehead atoms. The summed E-state index contributed by atoms with van der Waals surface area (Å²) in [5.74, 6) is 0. The molecule has 0 aliphatic heterocycles. The molecule has 1 rings (SSSR count). The highest BCUT2D eigenvalue weighted by atomic mass is 32.1. The summed E-state index contributed by atoms with van der Waals surface area (Å²) in [6.07, 6.45) is 0. The molecule has 0 amide bonds. The highest BCUT2D eigenvalue weighted by Crippen LogP contribution is 2.38. The minimum absolute atomic E-state index is 0.0841. The topological polar surface area (TPSA) is 127 Å². The molecule has 0 aliphatic rings. The molecule has 1 aromatic carbocycles. The van der Waals surface area contributed by atoms with Crippen LogP contribution in [0.2, 0.25) is 0 Å². The number of aliphatic imine (C=N–C) groups is 1. The Labute approximate surface area is 101 Å². The van der Waals surface area contributed by atoms with Crippen LogP contribution in [0.1, 0.15) is 0 Å². The van der Waals surface area contributed by atoms with Gasteiger partial charge in [-0.2, -0.15) is 4.99 Å². The molecule has 4 N–H and O–H groups in total. The number of thiocarbonyl (C=S) groups is 1. The Morgan fingerprint density at radius 2 is 1.41 bits per heavy atom. The molecule has 0 radical (unpaired) electrons. The molecule has 0 fully saturated rings. The molecule has 0 spiro atoms. The second-order valence-electron chi connectivity index (χ2n) is 3.00. The van der Waals surface area contributed by atoms with Crippen molar-refractivity contribution < 1.29 is 28.7 Å². The summed E-state index contributed by atoms with van der Waals surface area (Å²) in [4.78, 5) is 39.2. The fourth-order valence-corrected chi connectivity index (χ4v) is 2.46. The van der Waals surface area contributed by atoms with Crippen molar-refractivity contribution in [2.75, 3.05) is 0 Å². The number of hydrogen-bond acceptors (Lipinski definition) is 4. The van der Waals surface area contributed by atoms with Gasteiger partial charge in [0.15, 0.2) is 0 Å². The van der Waals surface area contributed by atoms with Gasteiger partial charge in [0, 0.05) is 0 Å². The van der Waals surface area contributed by atoms with E-state index in [1.807, 2.05) is 5.16 Å². The molecule has 7 nitrogen and oxygen atoms in total. The zero-order valence-corrected chi connectivity index (χ0v) is 10.7. The van der Waals surface area contributed by atoms with E-state index in [-0.39, 0.29) is 5.69 Å². The van der Waals surface area contributed by atoms with E-state index < -0.39 is 25.8 Å². The predicted molar refractivity (Wildman–Crippen MR) is 64.5 cm³/mol. The van der Waals surface area contributed by atoms with Crippen LogP contribution in [0.25, 0.3) is 0 Å². The van der Waals surface area contributed by atoms with Crippen LogP contribution in [0.5, 0.6) is 0 Å². The molecule has 0 aromatic heterocycles. The first-order valence-electron chi connectivity index (χ1n) is 4.00. The molecule has 10 heteroatoms. The quantitative estimate of drug-likeness (QED) is 0.352. The maximum atomic E-state index is 11.0. The molecular formula is C7H7NO6P2S. The summed E-state index contributed by atoms with van der Waals surface area (Å²) >= 11 is 4.30. The highest BCUT2D eigenvalue weighted by Gasteiger charge is 2.24. The second kappa shape index (κ2) is 4.90. The number of isothiocyanates is 1. The number of rotatable bonds is 3. The zero-order valence-electron chi connectivity index (χ0n) is 8.09. The van der Waals surface area contributed by atoms with Crippen molar-refractivity contribution in [1.29, 1.82) is 0 Å². The van der Waals surface area contributed by atoms with E-state index in [4.69, 9.17) is 19.6 Å². The van der Waals surface area contributed by atoms with Gasteiger partial charge < -0.3 is 19.6 Å². The van der Waals surface area contributed by atoms with E-state index >= 15 is 0 Å². The third kappa shape index (κ3) is 3.92. The molecule has 0 saturated heterocycles. The summed E-state index contributed by atoms with van der Waals surface area (Å²) in [6.45, 7) is 0. The number of benzene rings is 1. The van der Waals surface area contributed by atoms with E-state index in [2.05, 4.69) is 17.2 Å². The molecule has 92 valence electrons. The lowest BCUT2D eigenvalue weighted by atomic mass is 10.3. The Kier molecular flexibility index (Phi) is 4.15. The summed E-state index contributed by atoms with van der Waals surface area (Å²) in [5, 5.41) is 0.865. The van der Waals surface area contributed by atoms with E-state index in [1.54, 1.807) is 0 Å². The van der Waals surface area contributed by atoms with Crippen LogP contribution in [0.4, 0.5) is 5.69 Å². The van der Waals surface area contributed by atoms with Crippen LogP contribution in [0.3, 0.4) is 0 Å². The minimum atomic E-state index is -4.63. The molecular weight excluding hydrogens is 288 g/mol. The first-order valence-corrected chi connectivity index (χ1v) is 7.63. The van der Waals surface area contributed by atoms with Crippen LogP contribution >= 0.6 is 27.4 Å². The van der Waals surface area contributed by atoms with Gasteiger partial charge >= 0.3 is 15.2 Å². The van der Waals surface area contributed by atoms with Crippen LogP contribution in [0, 0.1) is 0 Å². The fourth-order valence-electron chi connectivity index (χ4n) is 1.03. The van der Waals surface area contributed by atoms with Gasteiger partial charge in [-0.3, -0.25) is 9.13 Å². The third-order valence-electron chi connectivity index (χ3n) is 1.73. The van der Waals surface area contributed by atoms with Gasteiger partial charge in [0.2, 0.25) is 0 Å². The molecule has 0 heterocycles. The Balaban J connectivity index is 3.56. The van der Waals surface area contributed by atoms with Crippen molar-refractivity contribution in [3.8, 4) is 0 Å². The first-order chi connectivity index (χ1) is 7.64. The minimum Gasteiger partial charge on any atom is -0.321 e. The molecule has 0 atom stereocenters. The number of nitrogens with zero attached hydrogens (tertiary/aromatic N) is 1. The molecule has 1 aromatic rings. The SMILES string of the molecule is O=P(O)(O)c1cc(N=C=S)cc(P(=O)(O)O)c1. The van der Waals surface area contributed by atoms with Gasteiger partial charge in [0.1, 0.15) is 0 Å². The summed E-state index contributed by atoms with van der Waals surface area (Å²) in [7, 11) is -9.26. The smallest absolute Gasteiger partial charge is 0.321 e. The Bertz CT molecular complexity index is 544. The average Bonchev–Trinajstić information content (AvgIpc) is 2.15. The van der Waals surface area contributed by atoms with E-state index in [0.717, 1.165) is 18.2 Å². The number of hydrogen-bond donors (Lipinski definition) is 4. The maximum absolute atomic E-state index is 11.0. The Morgan fingerprint density at radius 1 is 1.00 bits per heavy atom. The van der Waals surface area contributed by atoms with Crippen molar-refractivity contribution in [2.45, 2.75) is 0 Å². The van der Waals surface area contributed by atoms with Crippen molar-refractivity contribution in [3.63, 3.8) is 0 Å². The van der Waals surface area contributed by atoms with E-state index in [9.17, 15) is 9.13 Å². The predicted octanol–water partition coefficient (Wildman–Crippen LogP) is 0.0269. The third-order valence-corrected chi connectivity index (χ3v) is 3.69. The van der Waals surface area contributed by atoms with Crippen LogP contribution in [0.15, 0.2) is 23.2 Å². The maximum Gasteiger partial charge on any atom is 0.356 e. The molecule has 0 aliphatic carbocycles. The molecule has 0 saturated carbocycles. The van der Waals surface area contributed by atoms with Crippen LogP contribution in [-0.4, -0.2) is 24.7 Å². The summed E-state index contributed by atoms with van der Waals surface area (Å²) in [5.41, 5.74) is -0.0841. The van der Waals surface area contributed by atoms with Gasteiger partial charge in [0.25, 0.3) is 0 Å². The Hall–Kier alpha value is -0.680. The second-order valence-corrected chi connectivity index (χ2v) is 6.39. The molecule has 0 unspecified atom stereocenters. The average molecular weight is 295 g/mol. The lowest BCUT2D eigenvalue weighted by Crippen LogP contribution is -2.13. The van der Waals surface area contributed by atoms with Gasteiger partial charge in [-0.1, -0.05) is 0 Å². The lowest BCUT2D eigenvalue weighted by Gasteiger charge is -2.09. The lowest BCUT2D eigenvalue weighted by molar-refractivity contribution is 0.386. The van der Waals surface area contributed by atoms with Crippen molar-refractivity contribution in [1.82, 2.24) is 0 Å². The van der Waals surface area contributed by atoms with Crippen molar-refractivity contribution in [3.05, 3.63) is 18.2 Å². The van der Waals surface area contributed by atoms with Gasteiger partial charge in [-0.25, -0.2) is 0 Å². The fraction of sp³-hybridized carbons (Fsp3) is 0. The standard InChI is InChI=1S/C7H7NO6P2S/c9-15(10,11)6-1-5(8-4-17)2-7(3-6)16(12,13)14/h1-3H,(H2,9,10,11)(H2,12,13,14). The monoisotopic (exact) mass is 295 g/mol. The van der Waals surface area contributed by atoms with Gasteiger partial charge in [0.05, 0.1) is 21.5 Å². The van der Waals surface area contributed by atoms with Gasteiger partial charge in [-0.15, -0.1) is 0 Å². The first kappa shape index (κ1) is 14.4. The Morgan fingerprint density at radius 3 is 1.71 bits per heavy atom. The largest absolute Gasteiger partial charge is 0.356 e. The van der Waals surface area contributed by atoms with E-state index in [1.165, 1.54) is 0 Å². The molecule has 17 heavy (non-hydrogen) atoms.